The maximum atomic E-state index is 13.2. The fraction of sp³-hybridized carbons (Fsp3) is 0.227. The normalized spacial score (nSPS) is 12.3. The van der Waals surface area contributed by atoms with Crippen molar-refractivity contribution in [2.24, 2.45) is 14.1 Å². The molecule has 0 amide bonds. The lowest BCUT2D eigenvalue weighted by molar-refractivity contribution is 0.178. The molecule has 0 radical (unpaired) electrons. The second-order valence-corrected chi connectivity index (χ2v) is 8.26. The Labute approximate surface area is 193 Å². The van der Waals surface area contributed by atoms with Gasteiger partial charge in [0.05, 0.1) is 16.6 Å². The number of aromatic nitrogens is 4. The van der Waals surface area contributed by atoms with E-state index in [0.29, 0.717) is 15.6 Å². The van der Waals surface area contributed by atoms with E-state index in [1.54, 1.807) is 32.3 Å². The first-order valence-corrected chi connectivity index (χ1v) is 10.6. The highest BCUT2D eigenvalue weighted by Gasteiger charge is 2.22. The highest BCUT2D eigenvalue weighted by molar-refractivity contribution is 6.42. The fourth-order valence-electron chi connectivity index (χ4n) is 3.58. The van der Waals surface area contributed by atoms with Crippen LogP contribution < -0.4 is 16.6 Å². The number of benzene rings is 2. The van der Waals surface area contributed by atoms with Crippen molar-refractivity contribution >= 4 is 40.1 Å². The molecular formula is C22H21Cl2N5O3. The van der Waals surface area contributed by atoms with Crippen LogP contribution in [0.25, 0.3) is 11.2 Å². The van der Waals surface area contributed by atoms with Crippen LogP contribution in [0, 0.1) is 0 Å². The van der Waals surface area contributed by atoms with Crippen molar-refractivity contribution in [2.45, 2.75) is 12.6 Å². The Balaban J connectivity index is 1.72. The van der Waals surface area contributed by atoms with E-state index in [4.69, 9.17) is 23.2 Å². The predicted octanol–water partition coefficient (Wildman–Crippen LogP) is 2.93. The smallest absolute Gasteiger partial charge is 0.332 e. The molecule has 1 unspecified atom stereocenters. The van der Waals surface area contributed by atoms with Crippen molar-refractivity contribution in [1.29, 1.82) is 0 Å². The van der Waals surface area contributed by atoms with Gasteiger partial charge in [-0.3, -0.25) is 13.9 Å². The summed E-state index contributed by atoms with van der Waals surface area (Å²) < 4.78 is 3.94. The number of aryl methyl sites for hydroxylation is 2. The van der Waals surface area contributed by atoms with Crippen LogP contribution in [0.3, 0.4) is 0 Å². The lowest BCUT2D eigenvalue weighted by atomic mass is 10.2. The monoisotopic (exact) mass is 473 g/mol. The van der Waals surface area contributed by atoms with Gasteiger partial charge in [0.2, 0.25) is 0 Å². The number of hydrogen-bond acceptors (Lipinski definition) is 5. The zero-order valence-corrected chi connectivity index (χ0v) is 18.9. The number of para-hydroxylation sites is 1. The summed E-state index contributed by atoms with van der Waals surface area (Å²) >= 11 is 12.0. The highest BCUT2D eigenvalue weighted by atomic mass is 35.5. The van der Waals surface area contributed by atoms with E-state index >= 15 is 0 Å². The van der Waals surface area contributed by atoms with Crippen molar-refractivity contribution in [3.05, 3.63) is 90.8 Å². The van der Waals surface area contributed by atoms with Crippen molar-refractivity contribution in [3.63, 3.8) is 0 Å². The van der Waals surface area contributed by atoms with Crippen molar-refractivity contribution < 1.29 is 5.11 Å². The van der Waals surface area contributed by atoms with Gasteiger partial charge in [0.25, 0.3) is 5.56 Å². The summed E-state index contributed by atoms with van der Waals surface area (Å²) in [5.41, 5.74) is 0.922. The number of halogens is 2. The number of aliphatic hydroxyl groups excluding tert-OH is 1. The number of anilines is 1. The van der Waals surface area contributed by atoms with E-state index in [2.05, 4.69) is 10.3 Å². The Morgan fingerprint density at radius 2 is 1.75 bits per heavy atom. The van der Waals surface area contributed by atoms with E-state index < -0.39 is 17.4 Å². The molecule has 0 spiro atoms. The molecule has 0 saturated carbocycles. The largest absolute Gasteiger partial charge is 0.383 e. The highest BCUT2D eigenvalue weighted by Crippen LogP contribution is 2.23. The fourth-order valence-corrected chi connectivity index (χ4v) is 3.90. The van der Waals surface area contributed by atoms with E-state index in [9.17, 15) is 14.7 Å². The molecule has 4 aromatic rings. The number of nitrogens with zero attached hydrogens (tertiary/aromatic N) is 4. The van der Waals surface area contributed by atoms with Crippen molar-refractivity contribution in [1.82, 2.24) is 18.7 Å². The van der Waals surface area contributed by atoms with Gasteiger partial charge >= 0.3 is 5.69 Å². The van der Waals surface area contributed by atoms with Gasteiger partial charge in [-0.25, -0.2) is 9.78 Å². The first-order chi connectivity index (χ1) is 15.3. The van der Waals surface area contributed by atoms with E-state index in [-0.39, 0.29) is 30.1 Å². The lowest BCUT2D eigenvalue weighted by Gasteiger charge is -2.12. The van der Waals surface area contributed by atoms with E-state index in [1.807, 2.05) is 30.3 Å². The molecule has 0 aliphatic heterocycles. The molecule has 0 aliphatic rings. The summed E-state index contributed by atoms with van der Waals surface area (Å²) in [6, 6.07) is 14.4. The molecule has 2 heterocycles. The Hall–Kier alpha value is -3.07. The zero-order chi connectivity index (χ0) is 23.0. The van der Waals surface area contributed by atoms with Crippen LogP contribution >= 0.6 is 23.2 Å². The van der Waals surface area contributed by atoms with Crippen LogP contribution in [-0.4, -0.2) is 30.3 Å². The number of rotatable bonds is 6. The molecule has 2 N–H and O–H groups in total. The van der Waals surface area contributed by atoms with Crippen LogP contribution in [0.15, 0.2) is 58.1 Å². The molecule has 32 heavy (non-hydrogen) atoms. The summed E-state index contributed by atoms with van der Waals surface area (Å²) in [6.45, 7) is 0.212. The first-order valence-electron chi connectivity index (χ1n) is 9.85. The summed E-state index contributed by atoms with van der Waals surface area (Å²) in [7, 11) is 3.19. The summed E-state index contributed by atoms with van der Waals surface area (Å²) in [4.78, 5) is 30.5. The summed E-state index contributed by atoms with van der Waals surface area (Å²) in [5.74, 6) is 0.280. The van der Waals surface area contributed by atoms with E-state index in [1.165, 1.54) is 9.13 Å². The van der Waals surface area contributed by atoms with Gasteiger partial charge in [-0.15, -0.1) is 0 Å². The second-order valence-electron chi connectivity index (χ2n) is 7.45. The number of fused-ring (bicyclic) bond motifs is 1. The Morgan fingerprint density at radius 3 is 2.44 bits per heavy atom. The number of imidazole rings is 1. The molecule has 0 fully saturated rings. The molecule has 166 valence electrons. The van der Waals surface area contributed by atoms with Crippen molar-refractivity contribution in [2.75, 3.05) is 11.9 Å². The van der Waals surface area contributed by atoms with Crippen LogP contribution in [0.1, 0.15) is 17.5 Å². The number of nitrogens with one attached hydrogen (secondary N) is 1. The molecule has 1 atom stereocenters. The van der Waals surface area contributed by atoms with Crippen molar-refractivity contribution in [3.8, 4) is 0 Å². The average molecular weight is 474 g/mol. The molecule has 0 saturated heterocycles. The maximum absolute atomic E-state index is 13.2. The maximum Gasteiger partial charge on any atom is 0.332 e. The van der Waals surface area contributed by atoms with Gasteiger partial charge in [0.15, 0.2) is 11.2 Å². The summed E-state index contributed by atoms with van der Waals surface area (Å²) in [6.07, 6.45) is -0.995. The van der Waals surface area contributed by atoms with Crippen LogP contribution in [-0.2, 0) is 20.6 Å². The minimum absolute atomic E-state index is 0.0248. The quantitative estimate of drug-likeness (QED) is 0.448. The average Bonchev–Trinajstić information content (AvgIpc) is 3.14. The van der Waals surface area contributed by atoms with Crippen LogP contribution in [0.4, 0.5) is 5.69 Å². The predicted molar refractivity (Wildman–Crippen MR) is 126 cm³/mol. The summed E-state index contributed by atoms with van der Waals surface area (Å²) in [5, 5.41) is 14.6. The molecule has 0 aliphatic carbocycles. The molecule has 10 heteroatoms. The van der Waals surface area contributed by atoms with Crippen LogP contribution in [0.2, 0.25) is 10.0 Å². The van der Waals surface area contributed by atoms with Gasteiger partial charge in [-0.1, -0.05) is 47.5 Å². The molecule has 2 aromatic heterocycles. The van der Waals surface area contributed by atoms with Crippen LogP contribution in [0.5, 0.6) is 0 Å². The molecule has 4 rings (SSSR count). The molecular weight excluding hydrogens is 453 g/mol. The third-order valence-corrected chi connectivity index (χ3v) is 6.03. The minimum atomic E-state index is -0.995. The standard InChI is InChI=1S/C22H21Cl2N5O3/c1-27-18-20(26-19(27)17(30)11-25-14-6-4-3-5-7-14)28(2)22(32)29(21(18)31)12-13-8-9-15(23)16(24)10-13/h3-10,17,25,30H,11-12H2,1-2H3. The Kier molecular flexibility index (Phi) is 6.10. The molecule has 2 aromatic carbocycles. The molecule has 0 bridgehead atoms. The SMILES string of the molecule is Cn1c(C(O)CNc2ccccc2)nc2c1c(=O)n(Cc1ccc(Cl)c(Cl)c1)c(=O)n2C. The first kappa shape index (κ1) is 22.1. The van der Waals surface area contributed by atoms with Gasteiger partial charge in [0, 0.05) is 26.3 Å². The third-order valence-electron chi connectivity index (χ3n) is 5.29. The lowest BCUT2D eigenvalue weighted by Crippen LogP contribution is -2.39. The topological polar surface area (TPSA) is 94.1 Å². The van der Waals surface area contributed by atoms with E-state index in [0.717, 1.165) is 10.3 Å². The number of aliphatic hydroxyl groups is 1. The Bertz CT molecular complexity index is 1410. The zero-order valence-electron chi connectivity index (χ0n) is 17.4. The second kappa shape index (κ2) is 8.82. The van der Waals surface area contributed by atoms with Gasteiger partial charge < -0.3 is 15.0 Å². The van der Waals surface area contributed by atoms with Gasteiger partial charge in [-0.05, 0) is 29.8 Å². The third kappa shape index (κ3) is 4.04. The Morgan fingerprint density at radius 1 is 1.03 bits per heavy atom. The minimum Gasteiger partial charge on any atom is -0.383 e. The number of hydrogen-bond donors (Lipinski definition) is 2. The van der Waals surface area contributed by atoms with Gasteiger partial charge in [-0.2, -0.15) is 0 Å². The molecule has 8 nitrogen and oxygen atoms in total. The van der Waals surface area contributed by atoms with Gasteiger partial charge in [0.1, 0.15) is 11.9 Å².